The Morgan fingerprint density at radius 1 is 1.00 bits per heavy atom. The summed E-state index contributed by atoms with van der Waals surface area (Å²) in [5, 5.41) is 0.558. The molecule has 0 radical (unpaired) electrons. The third-order valence-corrected chi connectivity index (χ3v) is 6.91. The Bertz CT molecular complexity index is 1050. The molecule has 0 aliphatic carbocycles. The van der Waals surface area contributed by atoms with Crippen molar-refractivity contribution in [3.63, 3.8) is 0 Å². The highest BCUT2D eigenvalue weighted by Gasteiger charge is 2.29. The van der Waals surface area contributed by atoms with Crippen molar-refractivity contribution in [1.82, 2.24) is 4.90 Å². The van der Waals surface area contributed by atoms with Gasteiger partial charge in [-0.1, -0.05) is 36.6 Å². The minimum absolute atomic E-state index is 0.0474. The molecule has 1 fully saturated rings. The number of methoxy groups -OCH3 is 2. The second-order valence-electron chi connectivity index (χ2n) is 7.83. The standard InChI is InChI=1S/C23H29ClN2O5S/c1-30-21-14-19(23(27)25-12-6-4-5-7-13-25)20(15-22(21)31-2)26(32(3,28)29)16-17-8-10-18(24)11-9-17/h8-11,14-15H,4-7,12-13,16H2,1-3H3. The first kappa shape index (κ1) is 24.2. The van der Waals surface area contributed by atoms with E-state index in [4.69, 9.17) is 21.1 Å². The van der Waals surface area contributed by atoms with E-state index in [1.165, 1.54) is 18.5 Å². The Morgan fingerprint density at radius 3 is 2.09 bits per heavy atom. The van der Waals surface area contributed by atoms with Crippen LogP contribution in [-0.4, -0.2) is 52.8 Å². The molecule has 0 bridgehead atoms. The SMILES string of the molecule is COc1cc(C(=O)N2CCCCCC2)c(N(Cc2ccc(Cl)cc2)S(C)(=O)=O)cc1OC. The first-order chi connectivity index (χ1) is 15.2. The van der Waals surface area contributed by atoms with Crippen molar-refractivity contribution in [3.05, 3.63) is 52.5 Å². The molecule has 2 aromatic carbocycles. The number of sulfonamides is 1. The molecule has 9 heteroatoms. The van der Waals surface area contributed by atoms with E-state index in [2.05, 4.69) is 0 Å². The molecular weight excluding hydrogens is 452 g/mol. The van der Waals surface area contributed by atoms with Gasteiger partial charge in [0.1, 0.15) is 0 Å². The van der Waals surface area contributed by atoms with Crippen molar-refractivity contribution < 1.29 is 22.7 Å². The predicted octanol–water partition coefficient (Wildman–Crippen LogP) is 4.34. The Hall–Kier alpha value is -2.45. The lowest BCUT2D eigenvalue weighted by Crippen LogP contribution is -2.35. The number of hydrogen-bond acceptors (Lipinski definition) is 5. The molecule has 174 valence electrons. The highest BCUT2D eigenvalue weighted by atomic mass is 35.5. The van der Waals surface area contributed by atoms with Crippen LogP contribution < -0.4 is 13.8 Å². The number of nitrogens with zero attached hydrogens (tertiary/aromatic N) is 2. The summed E-state index contributed by atoms with van der Waals surface area (Å²) in [4.78, 5) is 15.4. The predicted molar refractivity (Wildman–Crippen MR) is 126 cm³/mol. The van der Waals surface area contributed by atoms with Gasteiger partial charge in [0.05, 0.1) is 38.3 Å². The van der Waals surface area contributed by atoms with E-state index in [9.17, 15) is 13.2 Å². The van der Waals surface area contributed by atoms with Crippen LogP contribution in [0.4, 0.5) is 5.69 Å². The molecular formula is C23H29ClN2O5S. The van der Waals surface area contributed by atoms with Crippen molar-refractivity contribution in [3.8, 4) is 11.5 Å². The van der Waals surface area contributed by atoms with Crippen LogP contribution >= 0.6 is 11.6 Å². The highest BCUT2D eigenvalue weighted by Crippen LogP contribution is 2.37. The molecule has 0 unspecified atom stereocenters. The molecule has 1 saturated heterocycles. The number of carbonyl (C=O) groups is 1. The first-order valence-electron chi connectivity index (χ1n) is 10.5. The number of anilines is 1. The number of likely N-dealkylation sites (tertiary alicyclic amines) is 1. The third-order valence-electron chi connectivity index (χ3n) is 5.53. The maximum atomic E-state index is 13.6. The lowest BCUT2D eigenvalue weighted by atomic mass is 10.1. The van der Waals surface area contributed by atoms with E-state index in [-0.39, 0.29) is 23.7 Å². The van der Waals surface area contributed by atoms with Crippen molar-refractivity contribution in [2.45, 2.75) is 32.2 Å². The van der Waals surface area contributed by atoms with E-state index >= 15 is 0 Å². The molecule has 2 aromatic rings. The van der Waals surface area contributed by atoms with Crippen LogP contribution in [0.1, 0.15) is 41.6 Å². The molecule has 7 nitrogen and oxygen atoms in total. The summed E-state index contributed by atoms with van der Waals surface area (Å²) in [7, 11) is -0.772. The molecule has 0 saturated carbocycles. The fourth-order valence-corrected chi connectivity index (χ4v) is 4.84. The van der Waals surface area contributed by atoms with Crippen molar-refractivity contribution in [2.24, 2.45) is 0 Å². The van der Waals surface area contributed by atoms with Crippen molar-refractivity contribution in [1.29, 1.82) is 0 Å². The fraction of sp³-hybridized carbons (Fsp3) is 0.435. The summed E-state index contributed by atoms with van der Waals surface area (Å²) in [6.07, 6.45) is 5.13. The highest BCUT2D eigenvalue weighted by molar-refractivity contribution is 7.92. The number of amides is 1. The summed E-state index contributed by atoms with van der Waals surface area (Å²) >= 11 is 5.98. The van der Waals surface area contributed by atoms with Gasteiger partial charge in [0, 0.05) is 24.2 Å². The zero-order valence-electron chi connectivity index (χ0n) is 18.6. The fourth-order valence-electron chi connectivity index (χ4n) is 3.83. The second-order valence-corrected chi connectivity index (χ2v) is 10.2. The lowest BCUT2D eigenvalue weighted by molar-refractivity contribution is 0.0762. The largest absolute Gasteiger partial charge is 0.493 e. The van der Waals surface area contributed by atoms with E-state index in [0.29, 0.717) is 29.6 Å². The number of hydrogen-bond donors (Lipinski definition) is 0. The number of halogens is 1. The molecule has 1 aliphatic rings. The minimum atomic E-state index is -3.73. The number of carbonyl (C=O) groups excluding carboxylic acids is 1. The summed E-state index contributed by atoms with van der Waals surface area (Å²) in [6.45, 7) is 1.33. The van der Waals surface area contributed by atoms with Crippen LogP contribution in [0.3, 0.4) is 0 Å². The van der Waals surface area contributed by atoms with Crippen LogP contribution in [0.5, 0.6) is 11.5 Å². The van der Waals surface area contributed by atoms with Gasteiger partial charge in [0.25, 0.3) is 5.91 Å². The maximum Gasteiger partial charge on any atom is 0.256 e. The van der Waals surface area contributed by atoms with Gasteiger partial charge >= 0.3 is 0 Å². The number of benzene rings is 2. The molecule has 0 atom stereocenters. The van der Waals surface area contributed by atoms with Crippen LogP contribution in [0.15, 0.2) is 36.4 Å². The second kappa shape index (κ2) is 10.4. The van der Waals surface area contributed by atoms with E-state index < -0.39 is 10.0 Å². The maximum absolute atomic E-state index is 13.6. The van der Waals surface area contributed by atoms with Crippen LogP contribution in [0, 0.1) is 0 Å². The van der Waals surface area contributed by atoms with E-state index in [1.54, 1.807) is 41.3 Å². The number of ether oxygens (including phenoxy) is 2. The Morgan fingerprint density at radius 2 is 1.56 bits per heavy atom. The van der Waals surface area contributed by atoms with Gasteiger partial charge in [-0.15, -0.1) is 0 Å². The molecule has 0 N–H and O–H groups in total. The van der Waals surface area contributed by atoms with Crippen molar-refractivity contribution >= 4 is 33.2 Å². The van der Waals surface area contributed by atoms with Crippen molar-refractivity contribution in [2.75, 3.05) is 37.9 Å². The van der Waals surface area contributed by atoms with Crippen LogP contribution in [0.2, 0.25) is 5.02 Å². The summed E-state index contributed by atoms with van der Waals surface area (Å²) in [6, 6.07) is 10.1. The van der Waals surface area contributed by atoms with Gasteiger partial charge < -0.3 is 14.4 Å². The van der Waals surface area contributed by atoms with E-state index in [1.807, 2.05) is 0 Å². The van der Waals surface area contributed by atoms with Gasteiger partial charge in [-0.25, -0.2) is 8.42 Å². The molecule has 0 spiro atoms. The van der Waals surface area contributed by atoms with E-state index in [0.717, 1.165) is 37.5 Å². The molecule has 1 aliphatic heterocycles. The van der Waals surface area contributed by atoms with Gasteiger partial charge in [0.15, 0.2) is 11.5 Å². The lowest BCUT2D eigenvalue weighted by Gasteiger charge is -2.28. The Balaban J connectivity index is 2.13. The zero-order chi connectivity index (χ0) is 23.3. The molecule has 1 heterocycles. The molecule has 0 aromatic heterocycles. The normalized spacial score (nSPS) is 14.6. The monoisotopic (exact) mass is 480 g/mol. The van der Waals surface area contributed by atoms with Gasteiger partial charge in [-0.3, -0.25) is 9.10 Å². The Labute approximate surface area is 194 Å². The zero-order valence-corrected chi connectivity index (χ0v) is 20.2. The topological polar surface area (TPSA) is 76.2 Å². The van der Waals surface area contributed by atoms with Crippen LogP contribution in [-0.2, 0) is 16.6 Å². The van der Waals surface area contributed by atoms with Gasteiger partial charge in [0.2, 0.25) is 10.0 Å². The van der Waals surface area contributed by atoms with Gasteiger partial charge in [-0.05, 0) is 36.6 Å². The summed E-state index contributed by atoms with van der Waals surface area (Å²) in [5.41, 5.74) is 1.26. The smallest absolute Gasteiger partial charge is 0.256 e. The third kappa shape index (κ3) is 5.66. The Kier molecular flexibility index (Phi) is 7.90. The number of rotatable bonds is 7. The minimum Gasteiger partial charge on any atom is -0.493 e. The average molecular weight is 481 g/mol. The summed E-state index contributed by atoms with van der Waals surface area (Å²) < 4.78 is 37.8. The van der Waals surface area contributed by atoms with Gasteiger partial charge in [-0.2, -0.15) is 0 Å². The molecule has 32 heavy (non-hydrogen) atoms. The quantitative estimate of drug-likeness (QED) is 0.589. The first-order valence-corrected chi connectivity index (χ1v) is 12.7. The molecule has 1 amide bonds. The summed E-state index contributed by atoms with van der Waals surface area (Å²) in [5.74, 6) is 0.502. The molecule has 3 rings (SSSR count). The average Bonchev–Trinajstić information content (AvgIpc) is 3.06. The van der Waals surface area contributed by atoms with Crippen LogP contribution in [0.25, 0.3) is 0 Å².